The van der Waals surface area contributed by atoms with E-state index in [9.17, 15) is 14.4 Å². The molecule has 0 fully saturated rings. The molecule has 0 aliphatic rings. The Morgan fingerprint density at radius 1 is 0.318 bits per heavy atom. The zero-order valence-electron chi connectivity index (χ0n) is 45.3. The van der Waals surface area contributed by atoms with E-state index in [4.69, 9.17) is 14.2 Å². The van der Waals surface area contributed by atoms with Crippen molar-refractivity contribution in [1.29, 1.82) is 0 Å². The van der Waals surface area contributed by atoms with E-state index in [1.165, 1.54) is 225 Å². The van der Waals surface area contributed by atoms with Crippen LogP contribution in [0.3, 0.4) is 0 Å². The summed E-state index contributed by atoms with van der Waals surface area (Å²) in [6.07, 6.45) is 56.7. The first kappa shape index (κ1) is 64.4. The van der Waals surface area contributed by atoms with Crippen LogP contribution in [0.1, 0.15) is 336 Å². The molecular weight excluding hydrogens is 817 g/mol. The monoisotopic (exact) mass is 933 g/mol. The van der Waals surface area contributed by atoms with Crippen molar-refractivity contribution in [3.63, 3.8) is 0 Å². The molecule has 0 saturated heterocycles. The van der Waals surface area contributed by atoms with Gasteiger partial charge < -0.3 is 14.2 Å². The molecule has 2 atom stereocenters. The Hall–Kier alpha value is -1.59. The van der Waals surface area contributed by atoms with Crippen LogP contribution in [0.4, 0.5) is 0 Å². The maximum atomic E-state index is 12.8. The highest BCUT2D eigenvalue weighted by Gasteiger charge is 2.19. The lowest BCUT2D eigenvalue weighted by molar-refractivity contribution is -0.167. The number of ether oxygens (including phenoxy) is 3. The van der Waals surface area contributed by atoms with E-state index in [-0.39, 0.29) is 31.1 Å². The van der Waals surface area contributed by atoms with Gasteiger partial charge >= 0.3 is 17.9 Å². The van der Waals surface area contributed by atoms with Crippen molar-refractivity contribution in [1.82, 2.24) is 0 Å². The standard InChI is InChI=1S/C60H116O6/c1-6-8-9-10-11-12-13-14-19-23-26-29-35-40-45-50-58(61)64-53-57(66-60(63)52-47-42-37-32-31-33-38-43-48-55(3)4)54-65-59(62)51-46-41-36-30-27-24-21-18-16-15-17-20-22-25-28-34-39-44-49-56(5)7-2/h55-57H,6-54H2,1-5H3/t56?,57-/m0/s1. The van der Waals surface area contributed by atoms with E-state index in [2.05, 4.69) is 34.6 Å². The van der Waals surface area contributed by atoms with Gasteiger partial charge in [0.1, 0.15) is 13.2 Å². The molecule has 6 nitrogen and oxygen atoms in total. The van der Waals surface area contributed by atoms with Gasteiger partial charge in [-0.25, -0.2) is 0 Å². The Morgan fingerprint density at radius 2 is 0.576 bits per heavy atom. The fourth-order valence-corrected chi connectivity index (χ4v) is 9.20. The number of hydrogen-bond donors (Lipinski definition) is 0. The normalized spacial score (nSPS) is 12.5. The van der Waals surface area contributed by atoms with Crippen LogP contribution in [0.5, 0.6) is 0 Å². The third kappa shape index (κ3) is 51.8. The average Bonchev–Trinajstić information content (AvgIpc) is 3.30. The topological polar surface area (TPSA) is 78.9 Å². The molecule has 0 spiro atoms. The maximum Gasteiger partial charge on any atom is 0.306 e. The molecule has 392 valence electrons. The van der Waals surface area contributed by atoms with E-state index in [1.54, 1.807) is 0 Å². The number of unbranched alkanes of at least 4 members (excludes halogenated alkanes) is 38. The Balaban J connectivity index is 4.20. The van der Waals surface area contributed by atoms with Gasteiger partial charge in [-0.3, -0.25) is 14.4 Å². The van der Waals surface area contributed by atoms with Gasteiger partial charge in [-0.1, -0.05) is 298 Å². The third-order valence-corrected chi connectivity index (χ3v) is 14.1. The number of carbonyl (C=O) groups is 3. The van der Waals surface area contributed by atoms with Crippen molar-refractivity contribution >= 4 is 17.9 Å². The summed E-state index contributed by atoms with van der Waals surface area (Å²) in [5.74, 6) is 0.863. The highest BCUT2D eigenvalue weighted by molar-refractivity contribution is 5.71. The molecule has 0 aliphatic carbocycles. The first-order chi connectivity index (χ1) is 32.3. The summed E-state index contributed by atoms with van der Waals surface area (Å²) in [6, 6.07) is 0. The minimum atomic E-state index is -0.763. The van der Waals surface area contributed by atoms with Gasteiger partial charge in [-0.2, -0.15) is 0 Å². The summed E-state index contributed by atoms with van der Waals surface area (Å²) in [7, 11) is 0. The van der Waals surface area contributed by atoms with Crippen LogP contribution >= 0.6 is 0 Å². The predicted molar refractivity (Wildman–Crippen MR) is 284 cm³/mol. The Labute approximate surface area is 412 Å². The van der Waals surface area contributed by atoms with Crippen molar-refractivity contribution in [3.8, 4) is 0 Å². The number of hydrogen-bond acceptors (Lipinski definition) is 6. The van der Waals surface area contributed by atoms with Gasteiger partial charge in [-0.15, -0.1) is 0 Å². The highest BCUT2D eigenvalue weighted by Crippen LogP contribution is 2.19. The molecule has 0 radical (unpaired) electrons. The minimum absolute atomic E-state index is 0.0631. The Bertz CT molecular complexity index is 1010. The molecular formula is C60H116O6. The van der Waals surface area contributed by atoms with Crippen LogP contribution in [-0.4, -0.2) is 37.2 Å². The summed E-state index contributed by atoms with van der Waals surface area (Å²) >= 11 is 0. The highest BCUT2D eigenvalue weighted by atomic mass is 16.6. The van der Waals surface area contributed by atoms with Crippen molar-refractivity contribution in [2.45, 2.75) is 343 Å². The van der Waals surface area contributed by atoms with Crippen LogP contribution in [-0.2, 0) is 28.6 Å². The molecule has 0 saturated carbocycles. The molecule has 1 unspecified atom stereocenters. The maximum absolute atomic E-state index is 12.8. The van der Waals surface area contributed by atoms with Crippen molar-refractivity contribution in [2.75, 3.05) is 13.2 Å². The first-order valence-corrected chi connectivity index (χ1v) is 29.8. The smallest absolute Gasteiger partial charge is 0.306 e. The second-order valence-corrected chi connectivity index (χ2v) is 21.4. The largest absolute Gasteiger partial charge is 0.462 e. The summed E-state index contributed by atoms with van der Waals surface area (Å²) in [5, 5.41) is 0. The van der Waals surface area contributed by atoms with Gasteiger partial charge in [0.05, 0.1) is 0 Å². The van der Waals surface area contributed by atoms with E-state index in [1.807, 2.05) is 0 Å². The van der Waals surface area contributed by atoms with E-state index in [0.717, 1.165) is 69.6 Å². The molecule has 0 heterocycles. The van der Waals surface area contributed by atoms with Gasteiger partial charge in [0.25, 0.3) is 0 Å². The molecule has 0 aromatic carbocycles. The molecule has 0 bridgehead atoms. The fraction of sp³-hybridized carbons (Fsp3) is 0.950. The zero-order valence-corrected chi connectivity index (χ0v) is 45.3. The molecule has 0 aromatic rings. The zero-order chi connectivity index (χ0) is 48.2. The molecule has 0 rings (SSSR count). The number of rotatable bonds is 54. The van der Waals surface area contributed by atoms with Crippen molar-refractivity contribution in [2.24, 2.45) is 11.8 Å². The summed E-state index contributed by atoms with van der Waals surface area (Å²) in [5.41, 5.74) is 0. The first-order valence-electron chi connectivity index (χ1n) is 29.8. The number of carbonyl (C=O) groups excluding carboxylic acids is 3. The van der Waals surface area contributed by atoms with Crippen LogP contribution in [0, 0.1) is 11.8 Å². The van der Waals surface area contributed by atoms with Crippen LogP contribution < -0.4 is 0 Å². The van der Waals surface area contributed by atoms with Crippen LogP contribution in [0.25, 0.3) is 0 Å². The Kier molecular flexibility index (Phi) is 51.5. The fourth-order valence-electron chi connectivity index (χ4n) is 9.20. The van der Waals surface area contributed by atoms with Gasteiger partial charge in [0.2, 0.25) is 0 Å². The van der Waals surface area contributed by atoms with E-state index in [0.29, 0.717) is 19.3 Å². The molecule has 0 amide bonds. The second kappa shape index (κ2) is 52.8. The van der Waals surface area contributed by atoms with E-state index >= 15 is 0 Å². The lowest BCUT2D eigenvalue weighted by atomic mass is 9.99. The summed E-state index contributed by atoms with van der Waals surface area (Å²) in [4.78, 5) is 38.1. The molecule has 0 N–H and O–H groups in total. The van der Waals surface area contributed by atoms with Gasteiger partial charge in [-0.05, 0) is 31.1 Å². The summed E-state index contributed by atoms with van der Waals surface area (Å²) < 4.78 is 16.9. The molecule has 0 aromatic heterocycles. The quantitative estimate of drug-likeness (QED) is 0.0343. The Morgan fingerprint density at radius 3 is 0.864 bits per heavy atom. The van der Waals surface area contributed by atoms with Crippen LogP contribution in [0.2, 0.25) is 0 Å². The van der Waals surface area contributed by atoms with Gasteiger partial charge in [0, 0.05) is 19.3 Å². The van der Waals surface area contributed by atoms with E-state index < -0.39 is 6.10 Å². The molecule has 0 aliphatic heterocycles. The van der Waals surface area contributed by atoms with Crippen molar-refractivity contribution in [3.05, 3.63) is 0 Å². The van der Waals surface area contributed by atoms with Crippen molar-refractivity contribution < 1.29 is 28.6 Å². The number of esters is 3. The minimum Gasteiger partial charge on any atom is -0.462 e. The van der Waals surface area contributed by atoms with Gasteiger partial charge in [0.15, 0.2) is 6.10 Å². The lowest BCUT2D eigenvalue weighted by Crippen LogP contribution is -2.30. The average molecular weight is 934 g/mol. The predicted octanol–water partition coefficient (Wildman–Crippen LogP) is 19.7. The molecule has 6 heteroatoms. The summed E-state index contributed by atoms with van der Waals surface area (Å²) in [6.45, 7) is 11.4. The SMILES string of the molecule is CCCCCCCCCCCCCCCCCC(=O)OC[C@@H](COC(=O)CCCCCCCCCCCCCCCCCCCCC(C)CC)OC(=O)CCCCCCCCCCC(C)C. The second-order valence-electron chi connectivity index (χ2n) is 21.4. The molecule has 66 heavy (non-hydrogen) atoms. The van der Waals surface area contributed by atoms with Crippen LogP contribution in [0.15, 0.2) is 0 Å². The third-order valence-electron chi connectivity index (χ3n) is 14.1. The lowest BCUT2D eigenvalue weighted by Gasteiger charge is -2.18.